The molecule has 1 aromatic heterocycles. The van der Waals surface area contributed by atoms with Crippen molar-refractivity contribution in [2.45, 2.75) is 79.7 Å². The zero-order chi connectivity index (χ0) is 17.5. The van der Waals surface area contributed by atoms with Gasteiger partial charge in [0.05, 0.1) is 5.69 Å². The quantitative estimate of drug-likeness (QED) is 0.693. The molecule has 128 valence electrons. The lowest BCUT2D eigenvalue weighted by Crippen LogP contribution is -2.33. The molecular formula is C21H34N2. The lowest BCUT2D eigenvalue weighted by atomic mass is 9.76. The number of rotatable bonds is 2. The molecule has 2 atom stereocenters. The van der Waals surface area contributed by atoms with E-state index in [0.717, 1.165) is 5.69 Å². The first-order valence-corrected chi connectivity index (χ1v) is 9.07. The highest BCUT2D eigenvalue weighted by Crippen LogP contribution is 2.42. The first kappa shape index (κ1) is 18.0. The third kappa shape index (κ3) is 3.32. The standard InChI is InChI=1S/C21H34N2/c1-12(2)18-10-14(5)22-21-16(7)17(8)23(9)15(6)11-19(13(3)4)20(18)21/h10,12-13,15,19H,11H2,1-9H3/b17-16-/t15-,19?/m1/s1. The fourth-order valence-corrected chi connectivity index (χ4v) is 3.88. The number of pyridine rings is 1. The third-order valence-electron chi connectivity index (χ3n) is 5.70. The minimum atomic E-state index is 0.535. The molecule has 2 heteroatoms. The highest BCUT2D eigenvalue weighted by molar-refractivity contribution is 5.68. The molecule has 0 aliphatic carbocycles. The van der Waals surface area contributed by atoms with Gasteiger partial charge in [0.15, 0.2) is 0 Å². The van der Waals surface area contributed by atoms with Crippen LogP contribution >= 0.6 is 0 Å². The first-order valence-electron chi connectivity index (χ1n) is 9.07. The van der Waals surface area contributed by atoms with E-state index in [1.54, 1.807) is 0 Å². The summed E-state index contributed by atoms with van der Waals surface area (Å²) < 4.78 is 0. The normalized spacial score (nSPS) is 25.6. The lowest BCUT2D eigenvalue weighted by molar-refractivity contribution is 0.270. The summed E-state index contributed by atoms with van der Waals surface area (Å²) in [6.45, 7) is 18.3. The molecule has 0 spiro atoms. The van der Waals surface area contributed by atoms with Crippen molar-refractivity contribution in [1.82, 2.24) is 9.88 Å². The average Bonchev–Trinajstić information content (AvgIpc) is 2.48. The van der Waals surface area contributed by atoms with Crippen LogP contribution < -0.4 is 0 Å². The molecule has 0 amide bonds. The van der Waals surface area contributed by atoms with Gasteiger partial charge in [0, 0.05) is 24.5 Å². The Morgan fingerprint density at radius 1 is 1.13 bits per heavy atom. The number of aromatic nitrogens is 1. The van der Waals surface area contributed by atoms with Crippen LogP contribution in [0.4, 0.5) is 0 Å². The van der Waals surface area contributed by atoms with E-state index in [2.05, 4.69) is 73.4 Å². The highest BCUT2D eigenvalue weighted by Gasteiger charge is 2.30. The van der Waals surface area contributed by atoms with Gasteiger partial charge in [0.25, 0.3) is 0 Å². The average molecular weight is 315 g/mol. The summed E-state index contributed by atoms with van der Waals surface area (Å²) in [7, 11) is 2.23. The Hall–Kier alpha value is -1.31. The van der Waals surface area contributed by atoms with E-state index >= 15 is 0 Å². The molecule has 0 saturated carbocycles. The molecule has 0 N–H and O–H groups in total. The number of hydrogen-bond donors (Lipinski definition) is 0. The third-order valence-corrected chi connectivity index (χ3v) is 5.70. The largest absolute Gasteiger partial charge is 0.375 e. The molecule has 23 heavy (non-hydrogen) atoms. The fraction of sp³-hybridized carbons (Fsp3) is 0.667. The molecule has 1 aromatic rings. The fourth-order valence-electron chi connectivity index (χ4n) is 3.88. The highest BCUT2D eigenvalue weighted by atomic mass is 15.1. The van der Waals surface area contributed by atoms with Crippen LogP contribution in [0, 0.1) is 12.8 Å². The smallest absolute Gasteiger partial charge is 0.0716 e. The Bertz CT molecular complexity index is 611. The van der Waals surface area contributed by atoms with Gasteiger partial charge in [0.1, 0.15) is 0 Å². The topological polar surface area (TPSA) is 16.1 Å². The van der Waals surface area contributed by atoms with Crippen molar-refractivity contribution in [3.05, 3.63) is 34.3 Å². The summed E-state index contributed by atoms with van der Waals surface area (Å²) in [5, 5.41) is 0. The van der Waals surface area contributed by atoms with Crippen LogP contribution in [0.5, 0.6) is 0 Å². The molecule has 2 nitrogen and oxygen atoms in total. The summed E-state index contributed by atoms with van der Waals surface area (Å²) in [4.78, 5) is 7.43. The van der Waals surface area contributed by atoms with E-state index in [-0.39, 0.29) is 0 Å². The molecule has 2 heterocycles. The van der Waals surface area contributed by atoms with Crippen molar-refractivity contribution in [1.29, 1.82) is 0 Å². The van der Waals surface area contributed by atoms with Gasteiger partial charge in [-0.15, -0.1) is 0 Å². The number of allylic oxidation sites excluding steroid dienone is 2. The lowest BCUT2D eigenvalue weighted by Gasteiger charge is -2.38. The van der Waals surface area contributed by atoms with Crippen LogP contribution in [0.1, 0.15) is 89.2 Å². The predicted octanol–water partition coefficient (Wildman–Crippen LogP) is 5.73. The van der Waals surface area contributed by atoms with Crippen LogP contribution in [0.2, 0.25) is 0 Å². The van der Waals surface area contributed by atoms with Crippen molar-refractivity contribution in [3.8, 4) is 0 Å². The Labute approximate surface area is 143 Å². The van der Waals surface area contributed by atoms with Gasteiger partial charge < -0.3 is 4.90 Å². The molecule has 0 fully saturated rings. The Morgan fingerprint density at radius 3 is 2.26 bits per heavy atom. The van der Waals surface area contributed by atoms with E-state index in [0.29, 0.717) is 23.8 Å². The summed E-state index contributed by atoms with van der Waals surface area (Å²) in [6, 6.07) is 2.86. The zero-order valence-electron chi connectivity index (χ0n) is 16.5. The molecule has 1 aliphatic rings. The number of hydrogen-bond acceptors (Lipinski definition) is 2. The van der Waals surface area contributed by atoms with E-state index in [9.17, 15) is 0 Å². The first-order chi connectivity index (χ1) is 10.6. The van der Waals surface area contributed by atoms with E-state index in [1.807, 2.05) is 0 Å². The van der Waals surface area contributed by atoms with Crippen molar-refractivity contribution >= 4 is 5.57 Å². The maximum atomic E-state index is 5.00. The molecule has 0 saturated heterocycles. The summed E-state index contributed by atoms with van der Waals surface area (Å²) in [6.07, 6.45) is 1.19. The van der Waals surface area contributed by atoms with Crippen molar-refractivity contribution in [3.63, 3.8) is 0 Å². The SMILES string of the molecule is C/C1=C(\C)N(C)[C@H](C)CC(C(C)C)c2c(C(C)C)cc(C)nc21. The van der Waals surface area contributed by atoms with E-state index < -0.39 is 0 Å². The van der Waals surface area contributed by atoms with Gasteiger partial charge in [-0.25, -0.2) is 0 Å². The number of aryl methyl sites for hydroxylation is 1. The van der Waals surface area contributed by atoms with Gasteiger partial charge in [-0.1, -0.05) is 27.7 Å². The summed E-state index contributed by atoms with van der Waals surface area (Å²) >= 11 is 0. The van der Waals surface area contributed by atoms with Crippen molar-refractivity contribution < 1.29 is 0 Å². The number of nitrogens with zero attached hydrogens (tertiary/aromatic N) is 2. The van der Waals surface area contributed by atoms with Gasteiger partial charge >= 0.3 is 0 Å². The Balaban J connectivity index is 2.84. The van der Waals surface area contributed by atoms with Crippen LogP contribution in [-0.4, -0.2) is 23.0 Å². The molecule has 1 unspecified atom stereocenters. The predicted molar refractivity (Wildman–Crippen MR) is 101 cm³/mol. The second-order valence-corrected chi connectivity index (χ2v) is 8.03. The zero-order valence-corrected chi connectivity index (χ0v) is 16.5. The van der Waals surface area contributed by atoms with Crippen molar-refractivity contribution in [2.24, 2.45) is 5.92 Å². The van der Waals surface area contributed by atoms with Gasteiger partial charge in [-0.05, 0) is 74.6 Å². The molecule has 0 radical (unpaired) electrons. The minimum Gasteiger partial charge on any atom is -0.375 e. The van der Waals surface area contributed by atoms with Crippen LogP contribution in [0.3, 0.4) is 0 Å². The summed E-state index contributed by atoms with van der Waals surface area (Å²) in [5.74, 6) is 1.72. The van der Waals surface area contributed by atoms with Crippen LogP contribution in [0.15, 0.2) is 11.8 Å². The maximum absolute atomic E-state index is 5.00. The molecule has 0 bridgehead atoms. The van der Waals surface area contributed by atoms with Gasteiger partial charge in [-0.2, -0.15) is 0 Å². The van der Waals surface area contributed by atoms with Crippen LogP contribution in [0.25, 0.3) is 5.57 Å². The molecule has 0 aromatic carbocycles. The molecule has 2 rings (SSSR count). The Kier molecular flexibility index (Phi) is 5.23. The monoisotopic (exact) mass is 314 g/mol. The number of fused-ring (bicyclic) bond motifs is 1. The maximum Gasteiger partial charge on any atom is 0.0716 e. The molecular weight excluding hydrogens is 280 g/mol. The van der Waals surface area contributed by atoms with Gasteiger partial charge in [0.2, 0.25) is 0 Å². The van der Waals surface area contributed by atoms with E-state index in [4.69, 9.17) is 4.98 Å². The van der Waals surface area contributed by atoms with Gasteiger partial charge in [-0.3, -0.25) is 4.98 Å². The second-order valence-electron chi connectivity index (χ2n) is 8.03. The minimum absolute atomic E-state index is 0.535. The van der Waals surface area contributed by atoms with E-state index in [1.165, 1.54) is 34.5 Å². The van der Waals surface area contributed by atoms with Crippen molar-refractivity contribution in [2.75, 3.05) is 7.05 Å². The Morgan fingerprint density at radius 2 is 1.74 bits per heavy atom. The van der Waals surface area contributed by atoms with Crippen LogP contribution in [-0.2, 0) is 0 Å². The molecule has 1 aliphatic heterocycles. The second kappa shape index (κ2) is 6.67. The summed E-state index contributed by atoms with van der Waals surface area (Å²) in [5.41, 5.74) is 8.08.